The van der Waals surface area contributed by atoms with Gasteiger partial charge in [0, 0.05) is 26.2 Å². The smallest absolute Gasteiger partial charge is 0.168 e. The fourth-order valence-corrected chi connectivity index (χ4v) is 4.74. The molecule has 2 fully saturated rings. The highest BCUT2D eigenvalue weighted by molar-refractivity contribution is 5.48. The lowest BCUT2D eigenvalue weighted by Crippen LogP contribution is -2.48. The van der Waals surface area contributed by atoms with Crippen molar-refractivity contribution in [3.8, 4) is 0 Å². The Morgan fingerprint density at radius 2 is 1.82 bits per heavy atom. The van der Waals surface area contributed by atoms with Gasteiger partial charge in [-0.25, -0.2) is 9.07 Å². The van der Waals surface area contributed by atoms with E-state index in [-0.39, 0.29) is 11.9 Å². The van der Waals surface area contributed by atoms with Crippen molar-refractivity contribution in [2.75, 3.05) is 31.1 Å². The maximum Gasteiger partial charge on any atom is 0.168 e. The SMILES string of the molecule is CCC[C@@H](c1nnnn1C1CCCCC1)N1CCN(c2ccccc2F)CC1. The number of halogens is 1. The predicted octanol–water partition coefficient (Wildman–Crippen LogP) is 3.98. The molecule has 6 nitrogen and oxygen atoms in total. The van der Waals surface area contributed by atoms with Gasteiger partial charge in [0.1, 0.15) is 5.82 Å². The number of aromatic nitrogens is 4. The van der Waals surface area contributed by atoms with Gasteiger partial charge in [-0.1, -0.05) is 44.7 Å². The molecule has 0 radical (unpaired) electrons. The largest absolute Gasteiger partial charge is 0.367 e. The van der Waals surface area contributed by atoms with E-state index >= 15 is 0 Å². The molecular formula is C21H31FN6. The summed E-state index contributed by atoms with van der Waals surface area (Å²) in [7, 11) is 0. The lowest BCUT2D eigenvalue weighted by atomic mass is 9.95. The molecule has 0 bridgehead atoms. The van der Waals surface area contributed by atoms with Crippen LogP contribution in [0.1, 0.15) is 69.8 Å². The second-order valence-electron chi connectivity index (χ2n) is 8.05. The molecule has 7 heteroatoms. The summed E-state index contributed by atoms with van der Waals surface area (Å²) < 4.78 is 16.3. The third kappa shape index (κ3) is 4.04. The number of hydrogen-bond donors (Lipinski definition) is 0. The van der Waals surface area contributed by atoms with Crippen molar-refractivity contribution >= 4 is 5.69 Å². The van der Waals surface area contributed by atoms with E-state index in [1.54, 1.807) is 12.1 Å². The van der Waals surface area contributed by atoms with Crippen LogP contribution in [0.4, 0.5) is 10.1 Å². The Morgan fingerprint density at radius 1 is 1.07 bits per heavy atom. The van der Waals surface area contributed by atoms with Gasteiger partial charge in [0.25, 0.3) is 0 Å². The zero-order valence-electron chi connectivity index (χ0n) is 16.8. The molecule has 1 aliphatic carbocycles. The van der Waals surface area contributed by atoms with Crippen LogP contribution in [0.2, 0.25) is 0 Å². The van der Waals surface area contributed by atoms with Crippen molar-refractivity contribution in [3.63, 3.8) is 0 Å². The molecule has 28 heavy (non-hydrogen) atoms. The number of nitrogens with zero attached hydrogens (tertiary/aromatic N) is 6. The Bertz CT molecular complexity index is 749. The van der Waals surface area contributed by atoms with E-state index in [1.165, 1.54) is 32.1 Å². The van der Waals surface area contributed by atoms with Crippen molar-refractivity contribution in [2.45, 2.75) is 64.0 Å². The average molecular weight is 387 g/mol. The minimum absolute atomic E-state index is 0.137. The first-order valence-corrected chi connectivity index (χ1v) is 10.8. The van der Waals surface area contributed by atoms with Crippen LogP contribution in [0.25, 0.3) is 0 Å². The third-order valence-electron chi connectivity index (χ3n) is 6.25. The van der Waals surface area contributed by atoms with E-state index in [1.807, 2.05) is 12.1 Å². The third-order valence-corrected chi connectivity index (χ3v) is 6.25. The van der Waals surface area contributed by atoms with E-state index < -0.39 is 0 Å². The number of para-hydroxylation sites is 1. The summed E-state index contributed by atoms with van der Waals surface area (Å²) in [6.07, 6.45) is 8.36. The van der Waals surface area contributed by atoms with Gasteiger partial charge in [-0.3, -0.25) is 4.90 Å². The summed E-state index contributed by atoms with van der Waals surface area (Å²) in [6.45, 7) is 5.67. The summed E-state index contributed by atoms with van der Waals surface area (Å²) in [5.74, 6) is 0.885. The Kier molecular flexibility index (Phi) is 6.20. The highest BCUT2D eigenvalue weighted by Crippen LogP contribution is 2.32. The molecule has 2 aliphatic rings. The van der Waals surface area contributed by atoms with Gasteiger partial charge >= 0.3 is 0 Å². The quantitative estimate of drug-likeness (QED) is 0.752. The lowest BCUT2D eigenvalue weighted by molar-refractivity contribution is 0.158. The minimum Gasteiger partial charge on any atom is -0.367 e. The summed E-state index contributed by atoms with van der Waals surface area (Å²) in [5.41, 5.74) is 0.709. The first kappa shape index (κ1) is 19.3. The number of benzene rings is 1. The van der Waals surface area contributed by atoms with Gasteiger partial charge in [0.15, 0.2) is 5.82 Å². The van der Waals surface area contributed by atoms with Gasteiger partial charge < -0.3 is 4.90 Å². The number of hydrogen-bond acceptors (Lipinski definition) is 5. The molecule has 152 valence electrons. The standard InChI is InChI=1S/C21H31FN6/c1-2-8-20(21-23-24-25-28(21)17-9-4-3-5-10-17)27-15-13-26(14-16-27)19-12-7-6-11-18(19)22/h6-7,11-12,17,20H,2-5,8-10,13-16H2,1H3/t20-/m0/s1. The van der Waals surface area contributed by atoms with Crippen LogP contribution in [-0.2, 0) is 0 Å². The van der Waals surface area contributed by atoms with Crippen molar-refractivity contribution in [3.05, 3.63) is 35.9 Å². The predicted molar refractivity (Wildman–Crippen MR) is 108 cm³/mol. The summed E-state index contributed by atoms with van der Waals surface area (Å²) in [6, 6.07) is 7.75. The van der Waals surface area contributed by atoms with Crippen LogP contribution in [0.15, 0.2) is 24.3 Å². The molecule has 1 atom stereocenters. The zero-order valence-corrected chi connectivity index (χ0v) is 16.8. The zero-order chi connectivity index (χ0) is 19.3. The molecule has 0 N–H and O–H groups in total. The van der Waals surface area contributed by atoms with Crippen LogP contribution < -0.4 is 4.90 Å². The number of piperazine rings is 1. The van der Waals surface area contributed by atoms with E-state index in [9.17, 15) is 4.39 Å². The van der Waals surface area contributed by atoms with Crippen molar-refractivity contribution in [1.82, 2.24) is 25.1 Å². The van der Waals surface area contributed by atoms with Gasteiger partial charge in [0.05, 0.1) is 17.8 Å². The lowest BCUT2D eigenvalue weighted by Gasteiger charge is -2.40. The van der Waals surface area contributed by atoms with Gasteiger partial charge in [-0.2, -0.15) is 0 Å². The summed E-state index contributed by atoms with van der Waals surface area (Å²) in [4.78, 5) is 4.64. The molecule has 1 aliphatic heterocycles. The Balaban J connectivity index is 1.48. The second kappa shape index (κ2) is 8.99. The Hall–Kier alpha value is -2.02. The van der Waals surface area contributed by atoms with Crippen LogP contribution in [0.5, 0.6) is 0 Å². The number of tetrazole rings is 1. The van der Waals surface area contributed by atoms with Crippen LogP contribution in [0.3, 0.4) is 0 Å². The van der Waals surface area contributed by atoms with E-state index in [2.05, 4.69) is 36.9 Å². The monoisotopic (exact) mass is 386 g/mol. The molecule has 0 unspecified atom stereocenters. The van der Waals surface area contributed by atoms with Gasteiger partial charge in [-0.15, -0.1) is 5.10 Å². The van der Waals surface area contributed by atoms with Gasteiger partial charge in [0.2, 0.25) is 0 Å². The van der Waals surface area contributed by atoms with Crippen LogP contribution in [0, 0.1) is 5.82 Å². The Labute approximate surface area is 166 Å². The summed E-state index contributed by atoms with van der Waals surface area (Å²) >= 11 is 0. The second-order valence-corrected chi connectivity index (χ2v) is 8.05. The highest BCUT2D eigenvalue weighted by Gasteiger charge is 2.31. The van der Waals surface area contributed by atoms with Crippen LogP contribution in [-0.4, -0.2) is 51.3 Å². The van der Waals surface area contributed by atoms with Crippen molar-refractivity contribution in [2.24, 2.45) is 0 Å². The molecule has 2 heterocycles. The maximum absolute atomic E-state index is 14.1. The molecule has 2 aromatic rings. The molecule has 4 rings (SSSR count). The highest BCUT2D eigenvalue weighted by atomic mass is 19.1. The van der Waals surface area contributed by atoms with E-state index in [0.29, 0.717) is 11.7 Å². The Morgan fingerprint density at radius 3 is 2.54 bits per heavy atom. The first-order valence-electron chi connectivity index (χ1n) is 10.8. The van der Waals surface area contributed by atoms with Crippen molar-refractivity contribution < 1.29 is 4.39 Å². The normalized spacial score (nSPS) is 20.4. The molecular weight excluding hydrogens is 355 g/mol. The maximum atomic E-state index is 14.1. The first-order chi connectivity index (χ1) is 13.8. The van der Waals surface area contributed by atoms with E-state index in [0.717, 1.165) is 44.8 Å². The molecule has 0 amide bonds. The van der Waals surface area contributed by atoms with Crippen LogP contribution >= 0.6 is 0 Å². The van der Waals surface area contributed by atoms with E-state index in [4.69, 9.17) is 0 Å². The summed E-state index contributed by atoms with van der Waals surface area (Å²) in [5, 5.41) is 12.9. The average Bonchev–Trinajstić information content (AvgIpc) is 3.23. The number of rotatable bonds is 6. The minimum atomic E-state index is -0.137. The topological polar surface area (TPSA) is 50.1 Å². The van der Waals surface area contributed by atoms with Gasteiger partial charge in [-0.05, 0) is 41.8 Å². The molecule has 0 spiro atoms. The van der Waals surface area contributed by atoms with Crippen molar-refractivity contribution in [1.29, 1.82) is 0 Å². The molecule has 1 saturated heterocycles. The molecule has 1 aromatic heterocycles. The fraction of sp³-hybridized carbons (Fsp3) is 0.667. The fourth-order valence-electron chi connectivity index (χ4n) is 4.74. The molecule has 1 aromatic carbocycles. The number of anilines is 1. The molecule has 1 saturated carbocycles.